The molecule has 1 saturated heterocycles. The fourth-order valence-corrected chi connectivity index (χ4v) is 2.53. The largest absolute Gasteiger partial charge is 0.303 e. The summed E-state index contributed by atoms with van der Waals surface area (Å²) in [6, 6.07) is 0.450. The van der Waals surface area contributed by atoms with Gasteiger partial charge in [0.1, 0.15) is 6.29 Å². The Hall–Kier alpha value is -0.810. The lowest BCUT2D eigenvalue weighted by molar-refractivity contribution is -0.109. The molecule has 1 atom stereocenters. The summed E-state index contributed by atoms with van der Waals surface area (Å²) in [5.74, 6) is 6.55. The Balaban J connectivity index is 2.19. The summed E-state index contributed by atoms with van der Waals surface area (Å²) >= 11 is 0. The van der Waals surface area contributed by atoms with Gasteiger partial charge < -0.3 is 4.79 Å². The Morgan fingerprint density at radius 3 is 2.89 bits per heavy atom. The zero-order valence-corrected chi connectivity index (χ0v) is 11.8. The van der Waals surface area contributed by atoms with Crippen LogP contribution in [0, 0.1) is 11.8 Å². The van der Waals surface area contributed by atoms with Crippen molar-refractivity contribution in [2.45, 2.75) is 70.8 Å². The summed E-state index contributed by atoms with van der Waals surface area (Å²) in [5, 5.41) is 0. The van der Waals surface area contributed by atoms with Crippen molar-refractivity contribution in [2.75, 3.05) is 13.1 Å². The minimum absolute atomic E-state index is 0.450. The zero-order valence-electron chi connectivity index (χ0n) is 11.8. The van der Waals surface area contributed by atoms with Gasteiger partial charge in [-0.1, -0.05) is 38.5 Å². The van der Waals surface area contributed by atoms with E-state index in [1.54, 1.807) is 0 Å². The van der Waals surface area contributed by atoms with Gasteiger partial charge in [-0.05, 0) is 25.8 Å². The molecule has 0 aliphatic carbocycles. The maximum atomic E-state index is 10.6. The molecule has 1 aliphatic rings. The summed E-state index contributed by atoms with van der Waals surface area (Å²) in [6.07, 6.45) is 11.6. The van der Waals surface area contributed by atoms with Crippen LogP contribution in [-0.2, 0) is 4.79 Å². The molecule has 0 N–H and O–H groups in total. The van der Waals surface area contributed by atoms with E-state index in [1.165, 1.54) is 38.5 Å². The molecule has 0 amide bonds. The molecule has 0 spiro atoms. The first-order chi connectivity index (χ1) is 8.88. The third-order valence-corrected chi connectivity index (χ3v) is 3.68. The summed E-state index contributed by atoms with van der Waals surface area (Å²) in [4.78, 5) is 13.0. The summed E-state index contributed by atoms with van der Waals surface area (Å²) in [5.41, 5.74) is 0. The Bertz CT molecular complexity index is 277. The first-order valence-corrected chi connectivity index (χ1v) is 7.52. The van der Waals surface area contributed by atoms with Crippen molar-refractivity contribution in [3.05, 3.63) is 0 Å². The van der Waals surface area contributed by atoms with Crippen molar-refractivity contribution in [2.24, 2.45) is 0 Å². The average Bonchev–Trinajstić information content (AvgIpc) is 2.40. The van der Waals surface area contributed by atoms with Gasteiger partial charge in [0.05, 0.1) is 6.54 Å². The smallest absolute Gasteiger partial charge is 0.121 e. The second kappa shape index (κ2) is 10.1. The molecule has 1 aliphatic heterocycles. The molecule has 102 valence electrons. The van der Waals surface area contributed by atoms with Crippen molar-refractivity contribution in [1.29, 1.82) is 0 Å². The molecule has 0 saturated carbocycles. The predicted molar refractivity (Wildman–Crippen MR) is 76.4 cm³/mol. The molecule has 1 fully saturated rings. The van der Waals surface area contributed by atoms with E-state index in [0.29, 0.717) is 12.5 Å². The molecule has 1 unspecified atom stereocenters. The number of likely N-dealkylation sites (tertiary alicyclic amines) is 1. The van der Waals surface area contributed by atoms with Crippen molar-refractivity contribution in [1.82, 2.24) is 4.90 Å². The molecule has 2 nitrogen and oxygen atoms in total. The number of carbonyl (C=O) groups excluding carboxylic acids is 1. The quantitative estimate of drug-likeness (QED) is 0.391. The number of unbranched alkanes of at least 4 members (excludes halogenated alkanes) is 4. The molecule has 0 bridgehead atoms. The Morgan fingerprint density at radius 1 is 1.22 bits per heavy atom. The number of nitrogens with zero attached hydrogens (tertiary/aromatic N) is 1. The SMILES string of the molecule is CCCCCCC#CCN1CCCCC1CC=O. The fraction of sp³-hybridized carbons (Fsp3) is 0.812. The normalized spacial score (nSPS) is 20.2. The molecular formula is C16H27NO. The van der Waals surface area contributed by atoms with E-state index in [4.69, 9.17) is 0 Å². The van der Waals surface area contributed by atoms with E-state index in [9.17, 15) is 4.79 Å². The highest BCUT2D eigenvalue weighted by Crippen LogP contribution is 2.18. The average molecular weight is 249 g/mol. The second-order valence-electron chi connectivity index (χ2n) is 5.19. The molecule has 0 aromatic heterocycles. The third kappa shape index (κ3) is 6.21. The van der Waals surface area contributed by atoms with Gasteiger partial charge in [-0.3, -0.25) is 4.90 Å². The highest BCUT2D eigenvalue weighted by molar-refractivity contribution is 5.50. The van der Waals surface area contributed by atoms with E-state index in [1.807, 2.05) is 0 Å². The van der Waals surface area contributed by atoms with E-state index in [2.05, 4.69) is 23.7 Å². The number of hydrogen-bond acceptors (Lipinski definition) is 2. The Labute approximate surface area is 112 Å². The lowest BCUT2D eigenvalue weighted by Crippen LogP contribution is -2.39. The maximum Gasteiger partial charge on any atom is 0.121 e. The van der Waals surface area contributed by atoms with Gasteiger partial charge >= 0.3 is 0 Å². The van der Waals surface area contributed by atoms with E-state index < -0.39 is 0 Å². The molecule has 1 heterocycles. The molecule has 0 radical (unpaired) electrons. The second-order valence-corrected chi connectivity index (χ2v) is 5.19. The fourth-order valence-electron chi connectivity index (χ4n) is 2.53. The van der Waals surface area contributed by atoms with Gasteiger partial charge in [-0.15, -0.1) is 5.92 Å². The minimum atomic E-state index is 0.450. The highest BCUT2D eigenvalue weighted by atomic mass is 16.1. The van der Waals surface area contributed by atoms with E-state index in [0.717, 1.165) is 32.2 Å². The van der Waals surface area contributed by atoms with Crippen molar-refractivity contribution >= 4 is 6.29 Å². The van der Waals surface area contributed by atoms with Crippen molar-refractivity contribution in [3.8, 4) is 11.8 Å². The van der Waals surface area contributed by atoms with Gasteiger partial charge in [0.25, 0.3) is 0 Å². The van der Waals surface area contributed by atoms with Crippen LogP contribution >= 0.6 is 0 Å². The summed E-state index contributed by atoms with van der Waals surface area (Å²) in [7, 11) is 0. The van der Waals surface area contributed by atoms with Crippen LogP contribution in [0.2, 0.25) is 0 Å². The van der Waals surface area contributed by atoms with Gasteiger partial charge in [0.15, 0.2) is 0 Å². The zero-order chi connectivity index (χ0) is 13.1. The van der Waals surface area contributed by atoms with Gasteiger partial charge in [0.2, 0.25) is 0 Å². The number of carbonyl (C=O) groups is 1. The van der Waals surface area contributed by atoms with Crippen LogP contribution in [0.1, 0.15) is 64.7 Å². The van der Waals surface area contributed by atoms with Gasteiger partial charge in [-0.25, -0.2) is 0 Å². The first kappa shape index (κ1) is 15.2. The number of hydrogen-bond donors (Lipinski definition) is 0. The van der Waals surface area contributed by atoms with Gasteiger partial charge in [-0.2, -0.15) is 0 Å². The van der Waals surface area contributed by atoms with E-state index in [-0.39, 0.29) is 0 Å². The topological polar surface area (TPSA) is 20.3 Å². The standard InChI is InChI=1S/C16H27NO/c1-2-3-4-5-6-7-9-13-17-14-10-8-11-16(17)12-15-18/h15-16H,2-6,8,10-14H2,1H3. The molecule has 1 rings (SSSR count). The molecular weight excluding hydrogens is 222 g/mol. The van der Waals surface area contributed by atoms with Crippen molar-refractivity contribution < 1.29 is 4.79 Å². The van der Waals surface area contributed by atoms with Crippen LogP contribution in [0.15, 0.2) is 0 Å². The number of rotatable bonds is 7. The highest BCUT2D eigenvalue weighted by Gasteiger charge is 2.20. The van der Waals surface area contributed by atoms with Gasteiger partial charge in [0, 0.05) is 18.9 Å². The maximum absolute atomic E-state index is 10.6. The van der Waals surface area contributed by atoms with Crippen LogP contribution < -0.4 is 0 Å². The number of piperidine rings is 1. The Morgan fingerprint density at radius 2 is 2.11 bits per heavy atom. The molecule has 0 aromatic rings. The van der Waals surface area contributed by atoms with Crippen LogP contribution in [-0.4, -0.2) is 30.3 Å². The minimum Gasteiger partial charge on any atom is -0.303 e. The monoisotopic (exact) mass is 249 g/mol. The predicted octanol–water partition coefficient (Wildman–Crippen LogP) is 3.40. The number of aldehydes is 1. The van der Waals surface area contributed by atoms with Crippen LogP contribution in [0.3, 0.4) is 0 Å². The first-order valence-electron chi connectivity index (χ1n) is 7.52. The summed E-state index contributed by atoms with van der Waals surface area (Å²) in [6.45, 7) is 4.20. The lowest BCUT2D eigenvalue weighted by atomic mass is 10.00. The van der Waals surface area contributed by atoms with Crippen molar-refractivity contribution in [3.63, 3.8) is 0 Å². The van der Waals surface area contributed by atoms with E-state index >= 15 is 0 Å². The third-order valence-electron chi connectivity index (χ3n) is 3.68. The molecule has 18 heavy (non-hydrogen) atoms. The molecule has 2 heteroatoms. The molecule has 0 aromatic carbocycles. The Kier molecular flexibility index (Phi) is 8.59. The van der Waals surface area contributed by atoms with Crippen LogP contribution in [0.25, 0.3) is 0 Å². The van der Waals surface area contributed by atoms with Crippen LogP contribution in [0.5, 0.6) is 0 Å². The lowest BCUT2D eigenvalue weighted by Gasteiger charge is -2.33. The summed E-state index contributed by atoms with van der Waals surface area (Å²) < 4.78 is 0. The van der Waals surface area contributed by atoms with Crippen LogP contribution in [0.4, 0.5) is 0 Å².